The Morgan fingerprint density at radius 1 is 0.444 bits per heavy atom. The predicted octanol–water partition coefficient (Wildman–Crippen LogP) is 9.60. The molecule has 2 aromatic carbocycles. The molecule has 8 nitrogen and oxygen atoms in total. The number of nitrogens with zero attached hydrogens (tertiary/aromatic N) is 6. The Hall–Kier alpha value is -1.50. The lowest BCUT2D eigenvalue weighted by atomic mass is 10.1. The van der Waals surface area contributed by atoms with Gasteiger partial charge < -0.3 is 29.4 Å². The third kappa shape index (κ3) is 16.9. The molecular weight excluding hydrogens is 756 g/mol. The normalized spacial score (nSPS) is 11.7. The van der Waals surface area contributed by atoms with E-state index in [9.17, 15) is 9.59 Å². The topological polar surface area (TPSA) is 53.6 Å². The fraction of sp³-hybridized carbons (Fsp3) is 0.667. The summed E-state index contributed by atoms with van der Waals surface area (Å²) in [5.41, 5.74) is 1.26. The van der Waals surface area contributed by atoms with Crippen molar-refractivity contribution in [3.8, 4) is 0 Å². The molecule has 0 N–H and O–H groups in total. The van der Waals surface area contributed by atoms with Crippen LogP contribution in [0.4, 0.5) is 0 Å². The molecule has 0 aliphatic heterocycles. The molecule has 2 amide bonds. The SMILES string of the molecule is CCN(CC)CCCN(CCCN(CC)CC)C(=O)c1ccc(Cl)cc1SSc1cc(Cl)ccc1C(=O)N(CCCN(CC)CC)CCCN(CC)CC. The van der Waals surface area contributed by atoms with Gasteiger partial charge in [0.2, 0.25) is 0 Å². The molecule has 0 heterocycles. The van der Waals surface area contributed by atoms with Crippen LogP contribution >= 0.6 is 44.8 Å². The smallest absolute Gasteiger partial charge is 0.255 e. The number of carbonyl (C=O) groups excluding carboxylic acids is 2. The second-order valence-electron chi connectivity index (χ2n) is 13.6. The summed E-state index contributed by atoms with van der Waals surface area (Å²) in [5, 5.41) is 1.14. The van der Waals surface area contributed by atoms with Crippen molar-refractivity contribution in [2.24, 2.45) is 0 Å². The molecule has 0 spiro atoms. The van der Waals surface area contributed by atoms with Gasteiger partial charge in [0.1, 0.15) is 0 Å². The predicted molar refractivity (Wildman–Crippen MR) is 236 cm³/mol. The van der Waals surface area contributed by atoms with Gasteiger partial charge in [-0.3, -0.25) is 9.59 Å². The highest BCUT2D eigenvalue weighted by Crippen LogP contribution is 2.43. The summed E-state index contributed by atoms with van der Waals surface area (Å²) >= 11 is 13.1. The number of rotatable bonds is 29. The van der Waals surface area contributed by atoms with Gasteiger partial charge in [0.05, 0.1) is 11.1 Å². The lowest BCUT2D eigenvalue weighted by molar-refractivity contribution is 0.0730. The van der Waals surface area contributed by atoms with Crippen molar-refractivity contribution < 1.29 is 9.59 Å². The average molecular weight is 826 g/mol. The number of benzene rings is 2. The molecule has 0 bridgehead atoms. The van der Waals surface area contributed by atoms with Gasteiger partial charge in [-0.15, -0.1) is 0 Å². The molecule has 0 aromatic heterocycles. The highest BCUT2D eigenvalue weighted by Gasteiger charge is 2.23. The second-order valence-corrected chi connectivity index (χ2v) is 16.6. The van der Waals surface area contributed by atoms with Crippen LogP contribution in [-0.4, -0.2) is 146 Å². The molecule has 0 unspecified atom stereocenters. The molecule has 2 aromatic rings. The monoisotopic (exact) mass is 824 g/mol. The Morgan fingerprint density at radius 3 is 0.944 bits per heavy atom. The Kier molecular flexibility index (Phi) is 25.2. The van der Waals surface area contributed by atoms with E-state index >= 15 is 0 Å². The average Bonchev–Trinajstić information content (AvgIpc) is 3.18. The maximum Gasteiger partial charge on any atom is 0.255 e. The van der Waals surface area contributed by atoms with E-state index in [-0.39, 0.29) is 11.8 Å². The lowest BCUT2D eigenvalue weighted by Crippen LogP contribution is -2.37. The quantitative estimate of drug-likeness (QED) is 0.0753. The van der Waals surface area contributed by atoms with Crippen LogP contribution in [0.1, 0.15) is 102 Å². The van der Waals surface area contributed by atoms with Crippen LogP contribution in [0.15, 0.2) is 46.2 Å². The van der Waals surface area contributed by atoms with E-state index in [1.165, 1.54) is 21.6 Å². The number of hydrogen-bond acceptors (Lipinski definition) is 8. The Labute approximate surface area is 347 Å². The molecule has 2 rings (SSSR count). The van der Waals surface area contributed by atoms with Crippen LogP contribution in [0.25, 0.3) is 0 Å². The van der Waals surface area contributed by atoms with Crippen LogP contribution in [0.2, 0.25) is 10.0 Å². The van der Waals surface area contributed by atoms with Crippen molar-refractivity contribution in [1.29, 1.82) is 0 Å². The summed E-state index contributed by atoms with van der Waals surface area (Å²) in [5.74, 6) is 0.0349. The van der Waals surface area contributed by atoms with Crippen LogP contribution in [-0.2, 0) is 0 Å². The van der Waals surface area contributed by atoms with Crippen molar-refractivity contribution >= 4 is 56.6 Å². The largest absolute Gasteiger partial charge is 0.339 e. The first-order chi connectivity index (χ1) is 26.1. The van der Waals surface area contributed by atoms with Crippen molar-refractivity contribution in [3.05, 3.63) is 57.6 Å². The zero-order valence-electron chi connectivity index (χ0n) is 34.7. The summed E-state index contributed by atoms with van der Waals surface area (Å²) in [6.45, 7) is 32.1. The summed E-state index contributed by atoms with van der Waals surface area (Å²) in [7, 11) is 2.93. The molecular formula is C42H70Cl2N6O2S2. The molecule has 0 radical (unpaired) electrons. The van der Waals surface area contributed by atoms with Gasteiger partial charge in [0.25, 0.3) is 11.8 Å². The van der Waals surface area contributed by atoms with Gasteiger partial charge in [-0.2, -0.15) is 0 Å². The van der Waals surface area contributed by atoms with Gasteiger partial charge in [-0.1, -0.05) is 100 Å². The Balaban J connectivity index is 2.36. The highest BCUT2D eigenvalue weighted by atomic mass is 35.5. The van der Waals surface area contributed by atoms with Gasteiger partial charge in [0, 0.05) is 46.0 Å². The molecule has 0 saturated heterocycles. The van der Waals surface area contributed by atoms with Crippen LogP contribution in [0, 0.1) is 0 Å². The first-order valence-electron chi connectivity index (χ1n) is 20.5. The molecule has 12 heteroatoms. The molecule has 0 fully saturated rings. The second kappa shape index (κ2) is 28.0. The molecule has 0 aliphatic rings. The summed E-state index contributed by atoms with van der Waals surface area (Å²) in [6.07, 6.45) is 3.66. The first-order valence-corrected chi connectivity index (χ1v) is 23.4. The molecule has 306 valence electrons. The molecule has 0 atom stereocenters. The fourth-order valence-electron chi connectivity index (χ4n) is 6.64. The number of amides is 2. The summed E-state index contributed by atoms with van der Waals surface area (Å²) < 4.78 is 0. The minimum absolute atomic E-state index is 0.0174. The van der Waals surface area contributed by atoms with Crippen molar-refractivity contribution in [1.82, 2.24) is 29.4 Å². The summed E-state index contributed by atoms with van der Waals surface area (Å²) in [4.78, 5) is 43.9. The Morgan fingerprint density at radius 2 is 0.704 bits per heavy atom. The van der Waals surface area contributed by atoms with E-state index in [1.54, 1.807) is 12.1 Å². The maximum absolute atomic E-state index is 14.4. The highest BCUT2D eigenvalue weighted by molar-refractivity contribution is 8.76. The van der Waals surface area contributed by atoms with E-state index in [0.29, 0.717) is 47.4 Å². The van der Waals surface area contributed by atoms with Crippen LogP contribution in [0.5, 0.6) is 0 Å². The number of halogens is 2. The van der Waals surface area contributed by atoms with Gasteiger partial charge in [0.15, 0.2) is 0 Å². The minimum atomic E-state index is 0.0174. The molecule has 0 saturated carbocycles. The third-order valence-corrected chi connectivity index (χ3v) is 13.2. The van der Waals surface area contributed by atoms with Crippen molar-refractivity contribution in [3.63, 3.8) is 0 Å². The van der Waals surface area contributed by atoms with Gasteiger partial charge in [-0.25, -0.2) is 0 Å². The lowest BCUT2D eigenvalue weighted by Gasteiger charge is -2.27. The van der Waals surface area contributed by atoms with E-state index < -0.39 is 0 Å². The van der Waals surface area contributed by atoms with Gasteiger partial charge >= 0.3 is 0 Å². The Bertz CT molecular complexity index is 1220. The van der Waals surface area contributed by atoms with Crippen LogP contribution in [0.3, 0.4) is 0 Å². The minimum Gasteiger partial charge on any atom is -0.339 e. The van der Waals surface area contributed by atoms with E-state index in [4.69, 9.17) is 23.2 Å². The molecule has 54 heavy (non-hydrogen) atoms. The summed E-state index contributed by atoms with van der Waals surface area (Å²) in [6, 6.07) is 11.1. The number of hydrogen-bond donors (Lipinski definition) is 0. The van der Waals surface area contributed by atoms with Crippen LogP contribution < -0.4 is 0 Å². The van der Waals surface area contributed by atoms with E-state index in [1.807, 2.05) is 34.1 Å². The van der Waals surface area contributed by atoms with Gasteiger partial charge in [-0.05, 0) is 141 Å². The zero-order chi connectivity index (χ0) is 39.9. The number of carbonyl (C=O) groups is 2. The van der Waals surface area contributed by atoms with E-state index in [2.05, 4.69) is 75.0 Å². The standard InChI is InChI=1S/C42H70Cl2N6O2S2/c1-9-45(10-2)25-17-29-49(30-18-26-46(11-3)12-4)41(51)37-23-21-35(43)33-39(37)53-54-40-34-36(44)22-24-38(40)42(52)50(31-19-27-47(13-5)14-6)32-20-28-48(15-7)16-8/h21-24,33-34H,9-20,25-32H2,1-8H3. The van der Waals surface area contributed by atoms with Crippen molar-refractivity contribution in [2.45, 2.75) is 90.9 Å². The maximum atomic E-state index is 14.4. The van der Waals surface area contributed by atoms with E-state index in [0.717, 1.165) is 114 Å². The fourth-order valence-corrected chi connectivity index (χ4v) is 9.50. The molecule has 0 aliphatic carbocycles. The third-order valence-electron chi connectivity index (χ3n) is 10.3. The zero-order valence-corrected chi connectivity index (χ0v) is 37.8. The van der Waals surface area contributed by atoms with Crippen molar-refractivity contribution in [2.75, 3.05) is 105 Å². The first kappa shape index (κ1) is 48.6.